The summed E-state index contributed by atoms with van der Waals surface area (Å²) < 4.78 is 7.19. The van der Waals surface area contributed by atoms with Crippen LogP contribution in [0.2, 0.25) is 5.15 Å². The van der Waals surface area contributed by atoms with Crippen LogP contribution in [0.1, 0.15) is 31.0 Å². The van der Waals surface area contributed by atoms with Gasteiger partial charge in [-0.1, -0.05) is 11.6 Å². The maximum Gasteiger partial charge on any atom is 0.131 e. The van der Waals surface area contributed by atoms with E-state index in [4.69, 9.17) is 16.3 Å². The van der Waals surface area contributed by atoms with Crippen LogP contribution < -0.4 is 0 Å². The Morgan fingerprint density at radius 2 is 2.22 bits per heavy atom. The molecule has 1 aromatic heterocycles. The van der Waals surface area contributed by atoms with Crippen molar-refractivity contribution in [3.8, 4) is 0 Å². The number of methoxy groups -OCH3 is 1. The molecule has 2 unspecified atom stereocenters. The van der Waals surface area contributed by atoms with Gasteiger partial charge in [-0.25, -0.2) is 0 Å². The number of aryl methyl sites for hydroxylation is 2. The van der Waals surface area contributed by atoms with Gasteiger partial charge >= 0.3 is 0 Å². The van der Waals surface area contributed by atoms with Crippen LogP contribution in [0.15, 0.2) is 0 Å². The summed E-state index contributed by atoms with van der Waals surface area (Å²) in [5.41, 5.74) is 2.19. The highest BCUT2D eigenvalue weighted by atomic mass is 35.5. The average molecular weight is 272 g/mol. The summed E-state index contributed by atoms with van der Waals surface area (Å²) in [5.74, 6) is 0. The van der Waals surface area contributed by atoms with E-state index in [0.29, 0.717) is 12.1 Å². The molecule has 0 saturated carbocycles. The van der Waals surface area contributed by atoms with E-state index in [1.54, 1.807) is 11.8 Å². The molecule has 4 nitrogen and oxygen atoms in total. The fraction of sp³-hybridized carbons (Fsp3) is 0.769. The van der Waals surface area contributed by atoms with Crippen molar-refractivity contribution in [1.82, 2.24) is 14.7 Å². The van der Waals surface area contributed by atoms with E-state index < -0.39 is 0 Å². The van der Waals surface area contributed by atoms with E-state index >= 15 is 0 Å². The van der Waals surface area contributed by atoms with Gasteiger partial charge in [0, 0.05) is 38.9 Å². The molecule has 1 aromatic rings. The number of rotatable bonds is 3. The highest BCUT2D eigenvalue weighted by Gasteiger charge is 2.26. The van der Waals surface area contributed by atoms with E-state index in [1.807, 2.05) is 14.0 Å². The lowest BCUT2D eigenvalue weighted by atomic mass is 10.00. The minimum atomic E-state index is 0.404. The summed E-state index contributed by atoms with van der Waals surface area (Å²) >= 11 is 6.29. The van der Waals surface area contributed by atoms with Crippen molar-refractivity contribution in [2.75, 3.05) is 13.7 Å². The molecule has 1 fully saturated rings. The zero-order valence-electron chi connectivity index (χ0n) is 11.6. The van der Waals surface area contributed by atoms with Crippen molar-refractivity contribution >= 4 is 11.6 Å². The van der Waals surface area contributed by atoms with Crippen molar-refractivity contribution < 1.29 is 4.74 Å². The predicted octanol–water partition coefficient (Wildman–Crippen LogP) is 2.38. The van der Waals surface area contributed by atoms with Crippen LogP contribution in [0.25, 0.3) is 0 Å². The Hall–Kier alpha value is -0.580. The maximum atomic E-state index is 6.29. The minimum Gasteiger partial charge on any atom is -0.381 e. The fourth-order valence-corrected chi connectivity index (χ4v) is 2.92. The molecule has 18 heavy (non-hydrogen) atoms. The second-order valence-corrected chi connectivity index (χ2v) is 5.54. The lowest BCUT2D eigenvalue weighted by Crippen LogP contribution is -2.42. The number of nitrogens with zero attached hydrogens (tertiary/aromatic N) is 3. The zero-order valence-corrected chi connectivity index (χ0v) is 12.4. The molecule has 0 amide bonds. The van der Waals surface area contributed by atoms with E-state index in [9.17, 15) is 0 Å². The van der Waals surface area contributed by atoms with Crippen LogP contribution in [0, 0.1) is 6.92 Å². The Bertz CT molecular complexity index is 419. The molecule has 1 aliphatic heterocycles. The third-order valence-corrected chi connectivity index (χ3v) is 4.40. The Morgan fingerprint density at radius 1 is 1.50 bits per heavy atom. The predicted molar refractivity (Wildman–Crippen MR) is 72.9 cm³/mol. The van der Waals surface area contributed by atoms with Crippen molar-refractivity contribution in [2.45, 2.75) is 45.4 Å². The smallest absolute Gasteiger partial charge is 0.131 e. The molecule has 5 heteroatoms. The van der Waals surface area contributed by atoms with E-state index in [2.05, 4.69) is 16.9 Å². The number of halogens is 1. The number of piperidine rings is 1. The van der Waals surface area contributed by atoms with Gasteiger partial charge in [0.1, 0.15) is 5.15 Å². The normalized spacial score (nSPS) is 25.6. The van der Waals surface area contributed by atoms with Crippen molar-refractivity contribution in [1.29, 1.82) is 0 Å². The summed E-state index contributed by atoms with van der Waals surface area (Å²) in [7, 11) is 3.69. The first-order valence-electron chi connectivity index (χ1n) is 6.47. The molecular weight excluding hydrogens is 250 g/mol. The largest absolute Gasteiger partial charge is 0.381 e. The van der Waals surface area contributed by atoms with Gasteiger partial charge in [-0.05, 0) is 26.7 Å². The van der Waals surface area contributed by atoms with Crippen LogP contribution in [-0.2, 0) is 18.3 Å². The van der Waals surface area contributed by atoms with Gasteiger partial charge in [0.05, 0.1) is 11.8 Å². The molecule has 0 aromatic carbocycles. The molecule has 0 spiro atoms. The third-order valence-electron chi connectivity index (χ3n) is 3.93. The Balaban J connectivity index is 2.06. The number of aromatic nitrogens is 2. The van der Waals surface area contributed by atoms with Crippen LogP contribution in [0.4, 0.5) is 0 Å². The molecule has 2 heterocycles. The lowest BCUT2D eigenvalue weighted by Gasteiger charge is -2.37. The first kappa shape index (κ1) is 13.8. The Labute approximate surface area is 114 Å². The Kier molecular flexibility index (Phi) is 4.30. The summed E-state index contributed by atoms with van der Waals surface area (Å²) in [4.78, 5) is 2.46. The molecular formula is C13H22ClN3O. The average Bonchev–Trinajstić information content (AvgIpc) is 2.58. The summed E-state index contributed by atoms with van der Waals surface area (Å²) in [6.07, 6.45) is 2.59. The monoisotopic (exact) mass is 271 g/mol. The zero-order chi connectivity index (χ0) is 13.3. The van der Waals surface area contributed by atoms with Gasteiger partial charge in [-0.3, -0.25) is 9.58 Å². The van der Waals surface area contributed by atoms with Crippen molar-refractivity contribution in [3.05, 3.63) is 16.4 Å². The molecule has 0 bridgehead atoms. The lowest BCUT2D eigenvalue weighted by molar-refractivity contribution is 0.0129. The molecule has 2 atom stereocenters. The fourth-order valence-electron chi connectivity index (χ4n) is 2.68. The third kappa shape index (κ3) is 2.71. The van der Waals surface area contributed by atoms with Crippen molar-refractivity contribution in [3.63, 3.8) is 0 Å². The van der Waals surface area contributed by atoms with Crippen molar-refractivity contribution in [2.24, 2.45) is 7.05 Å². The van der Waals surface area contributed by atoms with Crippen LogP contribution >= 0.6 is 11.6 Å². The summed E-state index contributed by atoms with van der Waals surface area (Å²) in [6.45, 7) is 6.22. The SMILES string of the molecule is COC1CCN(Cc2c(C)nn(C)c2Cl)C(C)C1. The molecule has 102 valence electrons. The van der Waals surface area contributed by atoms with Gasteiger partial charge < -0.3 is 4.74 Å². The van der Waals surface area contributed by atoms with E-state index in [1.165, 1.54) is 0 Å². The first-order chi connectivity index (χ1) is 8.52. The molecule has 0 N–H and O–H groups in total. The quantitative estimate of drug-likeness (QED) is 0.846. The second kappa shape index (κ2) is 5.59. The van der Waals surface area contributed by atoms with Gasteiger partial charge in [-0.2, -0.15) is 5.10 Å². The first-order valence-corrected chi connectivity index (χ1v) is 6.85. The highest BCUT2D eigenvalue weighted by Crippen LogP contribution is 2.25. The van der Waals surface area contributed by atoms with Crippen LogP contribution in [0.3, 0.4) is 0 Å². The maximum absolute atomic E-state index is 6.29. The van der Waals surface area contributed by atoms with Crippen LogP contribution in [-0.4, -0.2) is 40.5 Å². The molecule has 2 rings (SSSR count). The number of hydrogen-bond acceptors (Lipinski definition) is 3. The van der Waals surface area contributed by atoms with E-state index in [0.717, 1.165) is 42.3 Å². The van der Waals surface area contributed by atoms with Gasteiger partial charge in [0.15, 0.2) is 0 Å². The minimum absolute atomic E-state index is 0.404. The standard InChI is InChI=1S/C13H22ClN3O/c1-9-7-11(18-4)5-6-17(9)8-12-10(2)15-16(3)13(12)14/h9,11H,5-8H2,1-4H3. The summed E-state index contributed by atoms with van der Waals surface area (Å²) in [5, 5.41) is 5.12. The van der Waals surface area contributed by atoms with Gasteiger partial charge in [-0.15, -0.1) is 0 Å². The molecule has 0 aliphatic carbocycles. The van der Waals surface area contributed by atoms with Gasteiger partial charge in [0.2, 0.25) is 0 Å². The number of ether oxygens (including phenoxy) is 1. The Morgan fingerprint density at radius 3 is 2.72 bits per heavy atom. The van der Waals surface area contributed by atoms with E-state index in [-0.39, 0.29) is 0 Å². The molecule has 1 saturated heterocycles. The highest BCUT2D eigenvalue weighted by molar-refractivity contribution is 6.30. The number of likely N-dealkylation sites (tertiary alicyclic amines) is 1. The van der Waals surface area contributed by atoms with Crippen LogP contribution in [0.5, 0.6) is 0 Å². The topological polar surface area (TPSA) is 30.3 Å². The van der Waals surface area contributed by atoms with Gasteiger partial charge in [0.25, 0.3) is 0 Å². The molecule has 0 radical (unpaired) electrons. The molecule has 1 aliphatic rings. The number of hydrogen-bond donors (Lipinski definition) is 0. The summed E-state index contributed by atoms with van der Waals surface area (Å²) in [6, 6.07) is 0.527. The second-order valence-electron chi connectivity index (χ2n) is 5.18.